The van der Waals surface area contributed by atoms with Crippen molar-refractivity contribution in [3.8, 4) is 0 Å². The highest BCUT2D eigenvalue weighted by atomic mass is 19.4. The van der Waals surface area contributed by atoms with Crippen LogP contribution in [0.1, 0.15) is 18.1 Å². The molecule has 0 saturated heterocycles. The van der Waals surface area contributed by atoms with Gasteiger partial charge in [0.25, 0.3) is 0 Å². The number of rotatable bonds is 1. The van der Waals surface area contributed by atoms with Gasteiger partial charge < -0.3 is 5.21 Å². The summed E-state index contributed by atoms with van der Waals surface area (Å²) >= 11 is 0. The molecular formula is C8H7F3N2O. The molecule has 14 heavy (non-hydrogen) atoms. The summed E-state index contributed by atoms with van der Waals surface area (Å²) in [6.45, 7) is 1.39. The number of aromatic nitrogens is 1. The first-order chi connectivity index (χ1) is 6.45. The van der Waals surface area contributed by atoms with E-state index in [1.165, 1.54) is 13.1 Å². The van der Waals surface area contributed by atoms with Gasteiger partial charge in [0.1, 0.15) is 0 Å². The number of nitrogens with zero attached hydrogens (tertiary/aromatic N) is 2. The van der Waals surface area contributed by atoms with E-state index in [0.29, 0.717) is 6.20 Å². The molecule has 76 valence electrons. The summed E-state index contributed by atoms with van der Waals surface area (Å²) in [6.07, 6.45) is -2.52. The Balaban J connectivity index is 3.14. The minimum atomic E-state index is -4.43. The molecule has 0 radical (unpaired) electrons. The highest BCUT2D eigenvalue weighted by Crippen LogP contribution is 2.28. The molecule has 1 aromatic rings. The third-order valence-electron chi connectivity index (χ3n) is 1.63. The average Bonchev–Trinajstić information content (AvgIpc) is 2.15. The lowest BCUT2D eigenvalue weighted by Crippen LogP contribution is -2.07. The summed E-state index contributed by atoms with van der Waals surface area (Å²) in [5, 5.41) is 11.2. The highest BCUT2D eigenvalue weighted by Gasteiger charge is 2.31. The van der Waals surface area contributed by atoms with E-state index in [-0.39, 0.29) is 11.3 Å². The molecule has 0 saturated carbocycles. The van der Waals surface area contributed by atoms with Crippen LogP contribution in [0.15, 0.2) is 23.6 Å². The SMILES string of the molecule is CC(=NO)c1cncc(C(F)(F)F)c1. The first-order valence-electron chi connectivity index (χ1n) is 3.66. The molecule has 0 atom stereocenters. The average molecular weight is 204 g/mol. The number of hydrogen-bond acceptors (Lipinski definition) is 3. The third-order valence-corrected chi connectivity index (χ3v) is 1.63. The van der Waals surface area contributed by atoms with Crippen molar-refractivity contribution in [3.63, 3.8) is 0 Å². The van der Waals surface area contributed by atoms with Crippen molar-refractivity contribution in [3.05, 3.63) is 29.6 Å². The lowest BCUT2D eigenvalue weighted by Gasteiger charge is -2.06. The van der Waals surface area contributed by atoms with E-state index in [1.54, 1.807) is 0 Å². The maximum absolute atomic E-state index is 12.2. The van der Waals surface area contributed by atoms with Crippen molar-refractivity contribution >= 4 is 5.71 Å². The third kappa shape index (κ3) is 2.21. The number of oxime groups is 1. The van der Waals surface area contributed by atoms with Crippen molar-refractivity contribution in [2.45, 2.75) is 13.1 Å². The molecule has 0 unspecified atom stereocenters. The Kier molecular flexibility index (Phi) is 2.73. The fourth-order valence-electron chi connectivity index (χ4n) is 0.851. The lowest BCUT2D eigenvalue weighted by molar-refractivity contribution is -0.137. The quantitative estimate of drug-likeness (QED) is 0.433. The molecule has 0 spiro atoms. The molecule has 1 N–H and O–H groups in total. The maximum atomic E-state index is 12.2. The van der Waals surface area contributed by atoms with Gasteiger partial charge in [0.05, 0.1) is 11.3 Å². The van der Waals surface area contributed by atoms with Crippen LogP contribution in [0.25, 0.3) is 0 Å². The topological polar surface area (TPSA) is 45.5 Å². The molecule has 1 heterocycles. The second kappa shape index (κ2) is 3.65. The predicted octanol–water partition coefficient (Wildman–Crippen LogP) is 2.30. The zero-order valence-electron chi connectivity index (χ0n) is 7.21. The first-order valence-corrected chi connectivity index (χ1v) is 3.66. The van der Waals surface area contributed by atoms with E-state index in [0.717, 1.165) is 6.07 Å². The molecule has 0 bridgehead atoms. The molecule has 0 aromatic carbocycles. The van der Waals surface area contributed by atoms with E-state index >= 15 is 0 Å². The largest absolute Gasteiger partial charge is 0.417 e. The van der Waals surface area contributed by atoms with Gasteiger partial charge in [-0.15, -0.1) is 0 Å². The van der Waals surface area contributed by atoms with Crippen molar-refractivity contribution in [2.24, 2.45) is 5.16 Å². The van der Waals surface area contributed by atoms with Crippen LogP contribution in [0.4, 0.5) is 13.2 Å². The van der Waals surface area contributed by atoms with Gasteiger partial charge in [-0.3, -0.25) is 4.98 Å². The van der Waals surface area contributed by atoms with Crippen LogP contribution in [-0.2, 0) is 6.18 Å². The second-order valence-electron chi connectivity index (χ2n) is 2.65. The smallest absolute Gasteiger partial charge is 0.411 e. The summed E-state index contributed by atoms with van der Waals surface area (Å²) in [4.78, 5) is 3.41. The van der Waals surface area contributed by atoms with Crippen LogP contribution in [0.2, 0.25) is 0 Å². The van der Waals surface area contributed by atoms with Crippen molar-refractivity contribution in [1.29, 1.82) is 0 Å². The number of hydrogen-bond donors (Lipinski definition) is 1. The highest BCUT2D eigenvalue weighted by molar-refractivity contribution is 5.98. The van der Waals surface area contributed by atoms with Gasteiger partial charge in [-0.1, -0.05) is 5.16 Å². The summed E-state index contributed by atoms with van der Waals surface area (Å²) in [7, 11) is 0. The van der Waals surface area contributed by atoms with Crippen molar-refractivity contribution < 1.29 is 18.4 Å². The Hall–Kier alpha value is -1.59. The molecule has 0 fully saturated rings. The molecule has 1 aromatic heterocycles. The van der Waals surface area contributed by atoms with Gasteiger partial charge in [-0.25, -0.2) is 0 Å². The van der Waals surface area contributed by atoms with E-state index < -0.39 is 11.7 Å². The lowest BCUT2D eigenvalue weighted by atomic mass is 10.1. The normalized spacial score (nSPS) is 13.0. The summed E-state index contributed by atoms with van der Waals surface area (Å²) in [6, 6.07) is 0.877. The van der Waals surface area contributed by atoms with Gasteiger partial charge in [0.15, 0.2) is 0 Å². The van der Waals surface area contributed by atoms with Crippen LogP contribution in [0.5, 0.6) is 0 Å². The zero-order chi connectivity index (χ0) is 10.8. The molecule has 0 aliphatic carbocycles. The Morgan fingerprint density at radius 1 is 1.43 bits per heavy atom. The van der Waals surface area contributed by atoms with Crippen molar-refractivity contribution in [2.75, 3.05) is 0 Å². The second-order valence-corrected chi connectivity index (χ2v) is 2.65. The predicted molar refractivity (Wildman–Crippen MR) is 43.2 cm³/mol. The molecule has 0 aliphatic heterocycles. The van der Waals surface area contributed by atoms with Gasteiger partial charge in [0.2, 0.25) is 0 Å². The van der Waals surface area contributed by atoms with Gasteiger partial charge in [-0.2, -0.15) is 13.2 Å². The van der Waals surface area contributed by atoms with Gasteiger partial charge in [-0.05, 0) is 13.0 Å². The fourth-order valence-corrected chi connectivity index (χ4v) is 0.851. The van der Waals surface area contributed by atoms with E-state index in [1.807, 2.05) is 0 Å². The first kappa shape index (κ1) is 10.5. The van der Waals surface area contributed by atoms with E-state index in [9.17, 15) is 13.2 Å². The standard InChI is InChI=1S/C8H7F3N2O/c1-5(13-14)6-2-7(4-12-3-6)8(9,10)11/h2-4,14H,1H3. The minimum Gasteiger partial charge on any atom is -0.411 e. The molecule has 1 rings (SSSR count). The fraction of sp³-hybridized carbons (Fsp3) is 0.250. The Labute approximate surface area is 77.9 Å². The maximum Gasteiger partial charge on any atom is 0.417 e. The van der Waals surface area contributed by atoms with E-state index in [4.69, 9.17) is 5.21 Å². The molecule has 6 heteroatoms. The van der Waals surface area contributed by atoms with Gasteiger partial charge >= 0.3 is 6.18 Å². The van der Waals surface area contributed by atoms with Crippen LogP contribution < -0.4 is 0 Å². The Morgan fingerprint density at radius 3 is 2.57 bits per heavy atom. The molecule has 0 amide bonds. The zero-order valence-corrected chi connectivity index (χ0v) is 7.21. The minimum absolute atomic E-state index is 0.0867. The van der Waals surface area contributed by atoms with Crippen LogP contribution in [0.3, 0.4) is 0 Å². The molecule has 3 nitrogen and oxygen atoms in total. The van der Waals surface area contributed by atoms with Gasteiger partial charge in [0, 0.05) is 18.0 Å². The number of alkyl halides is 3. The van der Waals surface area contributed by atoms with Crippen molar-refractivity contribution in [1.82, 2.24) is 4.98 Å². The van der Waals surface area contributed by atoms with Crippen LogP contribution >= 0.6 is 0 Å². The monoisotopic (exact) mass is 204 g/mol. The Morgan fingerprint density at radius 2 is 2.07 bits per heavy atom. The summed E-state index contributed by atoms with van der Waals surface area (Å²) in [5.74, 6) is 0. The van der Waals surface area contributed by atoms with Crippen LogP contribution in [0, 0.1) is 0 Å². The summed E-state index contributed by atoms with van der Waals surface area (Å²) < 4.78 is 36.6. The summed E-state index contributed by atoms with van der Waals surface area (Å²) in [5.41, 5.74) is -0.635. The van der Waals surface area contributed by atoms with Crippen LogP contribution in [-0.4, -0.2) is 15.9 Å². The molecule has 0 aliphatic rings. The molecular weight excluding hydrogens is 197 g/mol. The van der Waals surface area contributed by atoms with E-state index in [2.05, 4.69) is 10.1 Å². The number of pyridine rings is 1. The number of halogens is 3. The Bertz CT molecular complexity index is 360.